The SMILES string of the molecule is COC(=O)CNc1ccc(Cl)c(F)c1. The maximum absolute atomic E-state index is 12.9. The van der Waals surface area contributed by atoms with Crippen LogP contribution in [0.15, 0.2) is 18.2 Å². The van der Waals surface area contributed by atoms with Crippen LogP contribution in [0.25, 0.3) is 0 Å². The number of halogens is 2. The van der Waals surface area contributed by atoms with Crippen LogP contribution in [0.4, 0.5) is 10.1 Å². The highest BCUT2D eigenvalue weighted by Crippen LogP contribution is 2.18. The fraction of sp³-hybridized carbons (Fsp3) is 0.222. The topological polar surface area (TPSA) is 38.3 Å². The number of ether oxygens (including phenoxy) is 1. The van der Waals surface area contributed by atoms with Crippen molar-refractivity contribution < 1.29 is 13.9 Å². The molecule has 0 heterocycles. The van der Waals surface area contributed by atoms with E-state index in [0.29, 0.717) is 5.69 Å². The maximum Gasteiger partial charge on any atom is 0.325 e. The van der Waals surface area contributed by atoms with E-state index in [1.54, 1.807) is 6.07 Å². The van der Waals surface area contributed by atoms with Gasteiger partial charge in [0.2, 0.25) is 0 Å². The van der Waals surface area contributed by atoms with Crippen LogP contribution < -0.4 is 5.32 Å². The van der Waals surface area contributed by atoms with Crippen LogP contribution in [0.1, 0.15) is 0 Å². The number of rotatable bonds is 3. The van der Waals surface area contributed by atoms with E-state index in [4.69, 9.17) is 11.6 Å². The van der Waals surface area contributed by atoms with Crippen LogP contribution in [0.2, 0.25) is 5.02 Å². The molecule has 0 saturated heterocycles. The lowest BCUT2D eigenvalue weighted by Crippen LogP contribution is -2.14. The van der Waals surface area contributed by atoms with E-state index < -0.39 is 11.8 Å². The summed E-state index contributed by atoms with van der Waals surface area (Å²) in [5.41, 5.74) is 0.484. The minimum atomic E-state index is -0.526. The van der Waals surface area contributed by atoms with Gasteiger partial charge >= 0.3 is 5.97 Å². The van der Waals surface area contributed by atoms with Gasteiger partial charge in [-0.2, -0.15) is 0 Å². The van der Waals surface area contributed by atoms with Crippen molar-refractivity contribution in [2.24, 2.45) is 0 Å². The molecule has 1 aromatic rings. The summed E-state index contributed by atoms with van der Waals surface area (Å²) in [6.07, 6.45) is 0. The Kier molecular flexibility index (Phi) is 3.71. The number of hydrogen-bond donors (Lipinski definition) is 1. The van der Waals surface area contributed by atoms with Gasteiger partial charge in [0.1, 0.15) is 12.4 Å². The van der Waals surface area contributed by atoms with Crippen LogP contribution in [-0.2, 0) is 9.53 Å². The van der Waals surface area contributed by atoms with Crippen LogP contribution in [0.5, 0.6) is 0 Å². The van der Waals surface area contributed by atoms with Crippen molar-refractivity contribution in [3.05, 3.63) is 29.0 Å². The highest BCUT2D eigenvalue weighted by atomic mass is 35.5. The molecule has 1 N–H and O–H groups in total. The quantitative estimate of drug-likeness (QED) is 0.788. The number of methoxy groups -OCH3 is 1. The Hall–Kier alpha value is -1.29. The van der Waals surface area contributed by atoms with Crippen molar-refractivity contribution in [3.63, 3.8) is 0 Å². The fourth-order valence-electron chi connectivity index (χ4n) is 0.852. The normalized spacial score (nSPS) is 9.64. The Labute approximate surface area is 85.8 Å². The van der Waals surface area contributed by atoms with Gasteiger partial charge in [0.15, 0.2) is 0 Å². The molecule has 0 saturated carbocycles. The molecule has 0 spiro atoms. The zero-order valence-electron chi connectivity index (χ0n) is 7.51. The summed E-state index contributed by atoms with van der Waals surface area (Å²) in [4.78, 5) is 10.7. The largest absolute Gasteiger partial charge is 0.468 e. The molecule has 0 atom stereocenters. The summed E-state index contributed by atoms with van der Waals surface area (Å²) in [7, 11) is 1.28. The molecule has 76 valence electrons. The number of anilines is 1. The Balaban J connectivity index is 2.60. The van der Waals surface area contributed by atoms with Gasteiger partial charge in [0.05, 0.1) is 12.1 Å². The van der Waals surface area contributed by atoms with Crippen molar-refractivity contribution >= 4 is 23.3 Å². The van der Waals surface area contributed by atoms with E-state index in [1.807, 2.05) is 0 Å². The third kappa shape index (κ3) is 2.88. The Bertz CT molecular complexity index is 344. The van der Waals surface area contributed by atoms with E-state index >= 15 is 0 Å². The third-order valence-electron chi connectivity index (χ3n) is 1.58. The second-order valence-electron chi connectivity index (χ2n) is 2.56. The van der Waals surface area contributed by atoms with Gasteiger partial charge < -0.3 is 10.1 Å². The number of nitrogens with one attached hydrogen (secondary N) is 1. The average Bonchev–Trinajstić information content (AvgIpc) is 2.19. The monoisotopic (exact) mass is 217 g/mol. The second-order valence-corrected chi connectivity index (χ2v) is 2.97. The summed E-state index contributed by atoms with van der Waals surface area (Å²) < 4.78 is 17.3. The molecule has 0 aromatic heterocycles. The third-order valence-corrected chi connectivity index (χ3v) is 1.89. The van der Waals surface area contributed by atoms with Gasteiger partial charge in [-0.15, -0.1) is 0 Å². The summed E-state index contributed by atoms with van der Waals surface area (Å²) in [6, 6.07) is 4.20. The molecule has 0 aliphatic rings. The molecule has 14 heavy (non-hydrogen) atoms. The van der Waals surface area contributed by atoms with E-state index in [9.17, 15) is 9.18 Å². The first-order chi connectivity index (χ1) is 6.63. The van der Waals surface area contributed by atoms with Gasteiger partial charge in [-0.1, -0.05) is 11.6 Å². The molecule has 1 rings (SSSR count). The lowest BCUT2D eigenvalue weighted by molar-refractivity contribution is -0.138. The summed E-state index contributed by atoms with van der Waals surface area (Å²) >= 11 is 5.48. The zero-order valence-corrected chi connectivity index (χ0v) is 8.27. The molecule has 0 amide bonds. The van der Waals surface area contributed by atoms with Crippen LogP contribution >= 0.6 is 11.6 Å². The summed E-state index contributed by atoms with van der Waals surface area (Å²) in [6.45, 7) is -0.00241. The molecular weight excluding hydrogens is 209 g/mol. The fourth-order valence-corrected chi connectivity index (χ4v) is 0.970. The molecule has 0 aliphatic heterocycles. The molecule has 1 aromatic carbocycles. The zero-order chi connectivity index (χ0) is 10.6. The first-order valence-electron chi connectivity index (χ1n) is 3.89. The van der Waals surface area contributed by atoms with Gasteiger partial charge in [-0.25, -0.2) is 4.39 Å². The smallest absolute Gasteiger partial charge is 0.325 e. The molecule has 0 aliphatic carbocycles. The van der Waals surface area contributed by atoms with Gasteiger partial charge in [-0.3, -0.25) is 4.79 Å². The molecule has 0 fully saturated rings. The van der Waals surface area contributed by atoms with Gasteiger partial charge in [0.25, 0.3) is 0 Å². The van der Waals surface area contributed by atoms with E-state index in [0.717, 1.165) is 0 Å². The van der Waals surface area contributed by atoms with Crippen LogP contribution in [0, 0.1) is 5.82 Å². The molecule has 0 radical (unpaired) electrons. The van der Waals surface area contributed by atoms with Crippen molar-refractivity contribution in [3.8, 4) is 0 Å². The highest BCUT2D eigenvalue weighted by molar-refractivity contribution is 6.30. The van der Waals surface area contributed by atoms with Crippen molar-refractivity contribution in [2.75, 3.05) is 19.0 Å². The Morgan fingerprint density at radius 3 is 2.93 bits per heavy atom. The molecular formula is C9H9ClFNO2. The highest BCUT2D eigenvalue weighted by Gasteiger charge is 2.02. The van der Waals surface area contributed by atoms with E-state index in [1.165, 1.54) is 19.2 Å². The van der Waals surface area contributed by atoms with Crippen molar-refractivity contribution in [1.29, 1.82) is 0 Å². The summed E-state index contributed by atoms with van der Waals surface area (Å²) in [5.74, 6) is -0.943. The average molecular weight is 218 g/mol. The first kappa shape index (κ1) is 10.8. The van der Waals surface area contributed by atoms with Crippen molar-refractivity contribution in [2.45, 2.75) is 0 Å². The number of carbonyl (C=O) groups excluding carboxylic acids is 1. The lowest BCUT2D eigenvalue weighted by Gasteiger charge is -2.05. The number of benzene rings is 1. The van der Waals surface area contributed by atoms with Crippen LogP contribution in [0.3, 0.4) is 0 Å². The minimum absolute atomic E-state index is 0.00241. The van der Waals surface area contributed by atoms with E-state index in [2.05, 4.69) is 10.1 Å². The standard InChI is InChI=1S/C9H9ClFNO2/c1-14-9(13)5-12-6-2-3-7(10)8(11)4-6/h2-4,12H,5H2,1H3. The second kappa shape index (κ2) is 4.81. The number of carbonyl (C=O) groups is 1. The Morgan fingerprint density at radius 1 is 1.64 bits per heavy atom. The van der Waals surface area contributed by atoms with E-state index in [-0.39, 0.29) is 11.6 Å². The predicted molar refractivity (Wildman–Crippen MR) is 51.9 cm³/mol. The molecule has 0 bridgehead atoms. The Morgan fingerprint density at radius 2 is 2.36 bits per heavy atom. The number of hydrogen-bond acceptors (Lipinski definition) is 3. The maximum atomic E-state index is 12.9. The first-order valence-corrected chi connectivity index (χ1v) is 4.27. The number of esters is 1. The van der Waals surface area contributed by atoms with Gasteiger partial charge in [0, 0.05) is 5.69 Å². The molecule has 3 nitrogen and oxygen atoms in total. The predicted octanol–water partition coefficient (Wildman–Crippen LogP) is 2.06. The lowest BCUT2D eigenvalue weighted by atomic mass is 10.3. The molecule has 5 heteroatoms. The summed E-state index contributed by atoms with van der Waals surface area (Å²) in [5, 5.41) is 2.74. The minimum Gasteiger partial charge on any atom is -0.468 e. The molecule has 0 unspecified atom stereocenters. The van der Waals surface area contributed by atoms with Gasteiger partial charge in [-0.05, 0) is 18.2 Å². The van der Waals surface area contributed by atoms with Crippen LogP contribution in [-0.4, -0.2) is 19.6 Å². The van der Waals surface area contributed by atoms with Crippen molar-refractivity contribution in [1.82, 2.24) is 0 Å².